The first-order chi connectivity index (χ1) is 8.16. The van der Waals surface area contributed by atoms with Crippen molar-refractivity contribution in [2.24, 2.45) is 5.92 Å². The number of nitrogens with one attached hydrogen (secondary N) is 2. The summed E-state index contributed by atoms with van der Waals surface area (Å²) in [7, 11) is 0. The third-order valence-electron chi connectivity index (χ3n) is 3.75. The lowest BCUT2D eigenvalue weighted by Crippen LogP contribution is -2.47. The first-order valence-electron chi connectivity index (χ1n) is 6.43. The molecule has 0 aromatic carbocycles. The number of amides is 1. The maximum absolute atomic E-state index is 11.9. The molecule has 2 aliphatic rings. The average molecular weight is 240 g/mol. The first kappa shape index (κ1) is 12.4. The summed E-state index contributed by atoms with van der Waals surface area (Å²) >= 11 is 0. The molecule has 1 saturated carbocycles. The van der Waals surface area contributed by atoms with Crippen LogP contribution >= 0.6 is 0 Å². The van der Waals surface area contributed by atoms with Gasteiger partial charge in [0.25, 0.3) is 0 Å². The lowest BCUT2D eigenvalue weighted by Gasteiger charge is -2.28. The first-order valence-corrected chi connectivity index (χ1v) is 6.43. The van der Waals surface area contributed by atoms with Crippen LogP contribution in [0, 0.1) is 5.92 Å². The van der Waals surface area contributed by atoms with Gasteiger partial charge >= 0.3 is 5.97 Å². The van der Waals surface area contributed by atoms with Crippen LogP contribution in [0.4, 0.5) is 0 Å². The number of rotatable bonds is 3. The van der Waals surface area contributed by atoms with Gasteiger partial charge in [-0.3, -0.25) is 9.59 Å². The van der Waals surface area contributed by atoms with Crippen molar-refractivity contribution in [1.29, 1.82) is 0 Å². The second-order valence-electron chi connectivity index (χ2n) is 5.06. The number of carbonyl (C=O) groups excluding carboxylic acids is 1. The summed E-state index contributed by atoms with van der Waals surface area (Å²) < 4.78 is 0. The van der Waals surface area contributed by atoms with Gasteiger partial charge in [-0.1, -0.05) is 6.42 Å². The average Bonchev–Trinajstić information content (AvgIpc) is 2.82. The highest BCUT2D eigenvalue weighted by Crippen LogP contribution is 2.24. The van der Waals surface area contributed by atoms with Crippen LogP contribution in [0.15, 0.2) is 0 Å². The Labute approximate surface area is 101 Å². The van der Waals surface area contributed by atoms with E-state index in [4.69, 9.17) is 5.11 Å². The molecule has 1 amide bonds. The van der Waals surface area contributed by atoms with Gasteiger partial charge in [0.15, 0.2) is 0 Å². The van der Waals surface area contributed by atoms with E-state index < -0.39 is 5.97 Å². The Bertz CT molecular complexity index is 300. The van der Waals surface area contributed by atoms with Crippen molar-refractivity contribution in [3.63, 3.8) is 0 Å². The van der Waals surface area contributed by atoms with E-state index in [9.17, 15) is 9.59 Å². The lowest BCUT2D eigenvalue weighted by atomic mass is 9.85. The second kappa shape index (κ2) is 5.49. The summed E-state index contributed by atoms with van der Waals surface area (Å²) in [6, 6.07) is -0.0278. The van der Waals surface area contributed by atoms with E-state index in [-0.39, 0.29) is 23.9 Å². The molecule has 3 N–H and O–H groups in total. The second-order valence-corrected chi connectivity index (χ2v) is 5.06. The molecule has 0 bridgehead atoms. The molecule has 1 saturated heterocycles. The zero-order valence-electron chi connectivity index (χ0n) is 9.95. The largest absolute Gasteiger partial charge is 0.481 e. The molecule has 0 spiro atoms. The van der Waals surface area contributed by atoms with Crippen molar-refractivity contribution in [3.8, 4) is 0 Å². The van der Waals surface area contributed by atoms with Crippen molar-refractivity contribution in [3.05, 3.63) is 0 Å². The van der Waals surface area contributed by atoms with Gasteiger partial charge in [-0.15, -0.1) is 0 Å². The quantitative estimate of drug-likeness (QED) is 0.671. The molecule has 17 heavy (non-hydrogen) atoms. The molecule has 5 nitrogen and oxygen atoms in total. The summed E-state index contributed by atoms with van der Waals surface area (Å²) in [5, 5.41) is 15.1. The van der Waals surface area contributed by atoms with Crippen LogP contribution in [0.5, 0.6) is 0 Å². The van der Waals surface area contributed by atoms with Crippen molar-refractivity contribution >= 4 is 11.9 Å². The molecule has 2 unspecified atom stereocenters. The highest BCUT2D eigenvalue weighted by atomic mass is 16.4. The van der Waals surface area contributed by atoms with Gasteiger partial charge in [0.05, 0.1) is 12.0 Å². The van der Waals surface area contributed by atoms with E-state index in [0.717, 1.165) is 38.6 Å². The van der Waals surface area contributed by atoms with Crippen molar-refractivity contribution in [1.82, 2.24) is 10.6 Å². The lowest BCUT2D eigenvalue weighted by molar-refractivity contribution is -0.143. The van der Waals surface area contributed by atoms with Crippen molar-refractivity contribution in [2.45, 2.75) is 50.6 Å². The summed E-state index contributed by atoms with van der Waals surface area (Å²) in [5.41, 5.74) is 0. The summed E-state index contributed by atoms with van der Waals surface area (Å²) in [4.78, 5) is 22.8. The molecule has 96 valence electrons. The number of hydrogen-bond donors (Lipinski definition) is 3. The van der Waals surface area contributed by atoms with Crippen LogP contribution in [-0.2, 0) is 9.59 Å². The zero-order chi connectivity index (χ0) is 12.3. The smallest absolute Gasteiger partial charge is 0.306 e. The van der Waals surface area contributed by atoms with Crippen molar-refractivity contribution in [2.75, 3.05) is 6.54 Å². The minimum atomic E-state index is -0.733. The number of carbonyl (C=O) groups is 2. The zero-order valence-corrected chi connectivity index (χ0v) is 9.95. The van der Waals surface area contributed by atoms with Gasteiger partial charge in [-0.05, 0) is 38.6 Å². The Balaban J connectivity index is 1.81. The Kier molecular flexibility index (Phi) is 3.99. The van der Waals surface area contributed by atoms with E-state index in [1.165, 1.54) is 0 Å². The summed E-state index contributed by atoms with van der Waals surface area (Å²) in [5.74, 6) is -0.980. The highest BCUT2D eigenvalue weighted by Gasteiger charge is 2.30. The topological polar surface area (TPSA) is 78.4 Å². The molecular formula is C12H20N2O3. The molecular weight excluding hydrogens is 220 g/mol. The van der Waals surface area contributed by atoms with Gasteiger partial charge in [-0.25, -0.2) is 0 Å². The van der Waals surface area contributed by atoms with Crippen LogP contribution in [0.3, 0.4) is 0 Å². The molecule has 0 aromatic rings. The van der Waals surface area contributed by atoms with Crippen molar-refractivity contribution < 1.29 is 14.7 Å². The SMILES string of the molecule is O=C(O)C1CCCC(NC(=O)[C@H]2CCCN2)C1. The van der Waals surface area contributed by atoms with Crippen LogP contribution in [0.2, 0.25) is 0 Å². The van der Waals surface area contributed by atoms with Gasteiger partial charge in [0.1, 0.15) is 0 Å². The van der Waals surface area contributed by atoms with Gasteiger partial charge < -0.3 is 15.7 Å². The molecule has 1 heterocycles. The third kappa shape index (κ3) is 3.19. The van der Waals surface area contributed by atoms with E-state index in [1.54, 1.807) is 0 Å². The number of aliphatic carboxylic acids is 1. The summed E-state index contributed by atoms with van der Waals surface area (Å²) in [6.07, 6.45) is 5.04. The Hall–Kier alpha value is -1.10. The van der Waals surface area contributed by atoms with Gasteiger partial charge in [0, 0.05) is 6.04 Å². The Morgan fingerprint density at radius 3 is 2.65 bits per heavy atom. The minimum Gasteiger partial charge on any atom is -0.481 e. The molecule has 1 aliphatic heterocycles. The van der Waals surface area contributed by atoms with Gasteiger partial charge in [-0.2, -0.15) is 0 Å². The maximum Gasteiger partial charge on any atom is 0.306 e. The van der Waals surface area contributed by atoms with Crippen LogP contribution < -0.4 is 10.6 Å². The third-order valence-corrected chi connectivity index (χ3v) is 3.75. The summed E-state index contributed by atoms with van der Waals surface area (Å²) in [6.45, 7) is 0.903. The fourth-order valence-corrected chi connectivity index (χ4v) is 2.76. The monoisotopic (exact) mass is 240 g/mol. The molecule has 0 aromatic heterocycles. The van der Waals surface area contributed by atoms with Gasteiger partial charge in [0.2, 0.25) is 5.91 Å². The minimum absolute atomic E-state index is 0.0403. The predicted molar refractivity (Wildman–Crippen MR) is 62.5 cm³/mol. The van der Waals surface area contributed by atoms with Crippen LogP contribution in [0.1, 0.15) is 38.5 Å². The number of hydrogen-bond acceptors (Lipinski definition) is 3. The van der Waals surface area contributed by atoms with Crippen LogP contribution in [0.25, 0.3) is 0 Å². The predicted octanol–water partition coefficient (Wildman–Crippen LogP) is 0.498. The van der Waals surface area contributed by atoms with E-state index in [0.29, 0.717) is 6.42 Å². The molecule has 3 atom stereocenters. The molecule has 0 radical (unpaired) electrons. The fraction of sp³-hybridized carbons (Fsp3) is 0.833. The molecule has 2 rings (SSSR count). The molecule has 1 aliphatic carbocycles. The highest BCUT2D eigenvalue weighted by molar-refractivity contribution is 5.82. The Morgan fingerprint density at radius 2 is 2.00 bits per heavy atom. The van der Waals surface area contributed by atoms with E-state index in [2.05, 4.69) is 10.6 Å². The Morgan fingerprint density at radius 1 is 1.18 bits per heavy atom. The number of carboxylic acid groups (broad SMARTS) is 1. The normalized spacial score (nSPS) is 33.3. The molecule has 5 heteroatoms. The standard InChI is InChI=1S/C12H20N2O3/c15-11(10-5-2-6-13-10)14-9-4-1-3-8(7-9)12(16)17/h8-10,13H,1-7H2,(H,14,15)(H,16,17)/t8?,9?,10-/m1/s1. The van der Waals surface area contributed by atoms with E-state index >= 15 is 0 Å². The number of carboxylic acids is 1. The molecule has 2 fully saturated rings. The maximum atomic E-state index is 11.9. The fourth-order valence-electron chi connectivity index (χ4n) is 2.76. The van der Waals surface area contributed by atoms with Crippen LogP contribution in [-0.4, -0.2) is 35.6 Å². The van der Waals surface area contributed by atoms with E-state index in [1.807, 2.05) is 0 Å².